The van der Waals surface area contributed by atoms with Crippen LogP contribution in [0.2, 0.25) is 0 Å². The van der Waals surface area contributed by atoms with Crippen molar-refractivity contribution in [2.24, 2.45) is 0 Å². The summed E-state index contributed by atoms with van der Waals surface area (Å²) in [4.78, 5) is 15.6. The fourth-order valence-electron chi connectivity index (χ4n) is 3.61. The van der Waals surface area contributed by atoms with Crippen molar-refractivity contribution in [1.29, 1.82) is 0 Å². The fourth-order valence-corrected chi connectivity index (χ4v) is 3.61. The Bertz CT molecular complexity index is 947. The van der Waals surface area contributed by atoms with Gasteiger partial charge in [-0.3, -0.25) is 0 Å². The van der Waals surface area contributed by atoms with E-state index in [1.54, 1.807) is 10.7 Å². The average Bonchev–Trinajstić information content (AvgIpc) is 3.06. The fraction of sp³-hybridized carbons (Fsp3) is 0.474. The number of imidazole rings is 1. The molecule has 1 saturated heterocycles. The lowest BCUT2D eigenvalue weighted by atomic mass is 10.1. The van der Waals surface area contributed by atoms with Crippen LogP contribution in [0.4, 0.5) is 11.6 Å². The molecule has 2 N–H and O–H groups in total. The Morgan fingerprint density at radius 1 is 1.15 bits per heavy atom. The monoisotopic (exact) mass is 367 g/mol. The van der Waals surface area contributed by atoms with Gasteiger partial charge in [-0.2, -0.15) is 4.98 Å². The van der Waals surface area contributed by atoms with E-state index in [0.29, 0.717) is 24.5 Å². The van der Waals surface area contributed by atoms with E-state index in [2.05, 4.69) is 33.0 Å². The smallest absolute Gasteiger partial charge is 0.336 e. The number of aryl methyl sites for hydroxylation is 1. The van der Waals surface area contributed by atoms with Crippen molar-refractivity contribution < 1.29 is 4.74 Å². The number of fused-ring (bicyclic) bond motifs is 1. The molecule has 0 radical (unpaired) electrons. The molecule has 142 valence electrons. The van der Waals surface area contributed by atoms with Crippen LogP contribution in [-0.4, -0.2) is 44.3 Å². The lowest BCUT2D eigenvalue weighted by Crippen LogP contribution is -2.30. The van der Waals surface area contributed by atoms with Crippen molar-refractivity contribution >= 4 is 17.3 Å². The number of hydrogen-bond donors (Lipinski definition) is 1. The van der Waals surface area contributed by atoms with Gasteiger partial charge < -0.3 is 15.4 Å². The lowest BCUT2D eigenvalue weighted by Gasteiger charge is -2.29. The summed E-state index contributed by atoms with van der Waals surface area (Å²) in [5.74, 6) is 1.41. The minimum atomic E-state index is 0.261. The third kappa shape index (κ3) is 3.51. The Hall–Kier alpha value is -2.90. The molecule has 0 unspecified atom stereocenters. The van der Waals surface area contributed by atoms with E-state index in [-0.39, 0.29) is 6.01 Å². The molecule has 1 fully saturated rings. The van der Waals surface area contributed by atoms with Gasteiger partial charge in [0.05, 0.1) is 18.5 Å². The van der Waals surface area contributed by atoms with Gasteiger partial charge in [-0.1, -0.05) is 6.07 Å². The van der Waals surface area contributed by atoms with Gasteiger partial charge in [0.15, 0.2) is 11.5 Å². The summed E-state index contributed by atoms with van der Waals surface area (Å²) in [6.07, 6.45) is 8.20. The van der Waals surface area contributed by atoms with Crippen LogP contribution in [-0.2, 0) is 6.42 Å². The molecule has 0 bridgehead atoms. The minimum absolute atomic E-state index is 0.261. The highest BCUT2D eigenvalue weighted by Crippen LogP contribution is 2.23. The van der Waals surface area contributed by atoms with Crippen molar-refractivity contribution in [3.63, 3.8) is 0 Å². The zero-order chi connectivity index (χ0) is 18.8. The number of aromatic nitrogens is 5. The van der Waals surface area contributed by atoms with Gasteiger partial charge in [0.1, 0.15) is 5.82 Å². The van der Waals surface area contributed by atoms with Gasteiger partial charge in [-0.05, 0) is 44.2 Å². The number of ether oxygens (including phenoxy) is 1. The Morgan fingerprint density at radius 2 is 1.96 bits per heavy atom. The first-order valence-electron chi connectivity index (χ1n) is 9.49. The SMILES string of the molecule is CCOc1nc(N)c2ncc(Cc3cnc(N4CCCCC4)c(C)c3)n2n1. The summed E-state index contributed by atoms with van der Waals surface area (Å²) in [7, 11) is 0. The first-order chi connectivity index (χ1) is 13.2. The summed E-state index contributed by atoms with van der Waals surface area (Å²) >= 11 is 0. The summed E-state index contributed by atoms with van der Waals surface area (Å²) < 4.78 is 7.11. The molecule has 0 aromatic carbocycles. The van der Waals surface area contributed by atoms with Gasteiger partial charge in [0, 0.05) is 25.7 Å². The van der Waals surface area contributed by atoms with Crippen LogP contribution in [0.1, 0.15) is 43.0 Å². The molecular formula is C19H25N7O. The maximum absolute atomic E-state index is 5.99. The zero-order valence-corrected chi connectivity index (χ0v) is 15.9. The standard InChI is InChI=1S/C19H25N7O/c1-3-27-19-23-16(20)18-22-12-15(26(18)24-19)10-14-9-13(2)17(21-11-14)25-7-5-4-6-8-25/h9,11-12H,3-8,10H2,1-2H3,(H2,20,23,24). The Balaban J connectivity index is 1.61. The molecule has 0 spiro atoms. The molecule has 0 aliphatic carbocycles. The van der Waals surface area contributed by atoms with Crippen LogP contribution in [0.15, 0.2) is 18.5 Å². The predicted molar refractivity (Wildman–Crippen MR) is 104 cm³/mol. The number of nitrogens with zero attached hydrogens (tertiary/aromatic N) is 6. The van der Waals surface area contributed by atoms with E-state index in [0.717, 1.165) is 30.2 Å². The second-order valence-corrected chi connectivity index (χ2v) is 6.91. The number of nitrogens with two attached hydrogens (primary N) is 1. The predicted octanol–water partition coefficient (Wildman–Crippen LogP) is 2.39. The average molecular weight is 367 g/mol. The van der Waals surface area contributed by atoms with Crippen molar-refractivity contribution in [3.8, 4) is 6.01 Å². The summed E-state index contributed by atoms with van der Waals surface area (Å²) in [6.45, 7) is 6.68. The molecule has 0 saturated carbocycles. The molecule has 8 nitrogen and oxygen atoms in total. The molecule has 3 aromatic heterocycles. The number of anilines is 2. The second-order valence-electron chi connectivity index (χ2n) is 6.91. The van der Waals surface area contributed by atoms with E-state index >= 15 is 0 Å². The zero-order valence-electron chi connectivity index (χ0n) is 15.9. The van der Waals surface area contributed by atoms with Crippen LogP contribution in [0, 0.1) is 6.92 Å². The minimum Gasteiger partial charge on any atom is -0.463 e. The van der Waals surface area contributed by atoms with Gasteiger partial charge in [0.2, 0.25) is 0 Å². The number of piperidine rings is 1. The molecule has 1 aliphatic heterocycles. The van der Waals surface area contributed by atoms with E-state index in [9.17, 15) is 0 Å². The van der Waals surface area contributed by atoms with Gasteiger partial charge in [0.25, 0.3) is 0 Å². The van der Waals surface area contributed by atoms with Gasteiger partial charge >= 0.3 is 6.01 Å². The van der Waals surface area contributed by atoms with E-state index in [4.69, 9.17) is 15.5 Å². The van der Waals surface area contributed by atoms with E-state index in [1.165, 1.54) is 24.8 Å². The van der Waals surface area contributed by atoms with Crippen molar-refractivity contribution in [2.75, 3.05) is 30.3 Å². The normalized spacial score (nSPS) is 14.7. The first-order valence-corrected chi connectivity index (χ1v) is 9.49. The second kappa shape index (κ2) is 7.38. The Morgan fingerprint density at radius 3 is 2.70 bits per heavy atom. The molecule has 3 aromatic rings. The lowest BCUT2D eigenvalue weighted by molar-refractivity contribution is 0.307. The van der Waals surface area contributed by atoms with Crippen molar-refractivity contribution in [3.05, 3.63) is 35.3 Å². The molecular weight excluding hydrogens is 342 g/mol. The Kier molecular flexibility index (Phi) is 4.79. The highest BCUT2D eigenvalue weighted by Gasteiger charge is 2.16. The third-order valence-corrected chi connectivity index (χ3v) is 4.86. The quantitative estimate of drug-likeness (QED) is 0.740. The third-order valence-electron chi connectivity index (χ3n) is 4.86. The van der Waals surface area contributed by atoms with Gasteiger partial charge in [-0.15, -0.1) is 5.10 Å². The molecule has 0 amide bonds. The largest absolute Gasteiger partial charge is 0.463 e. The van der Waals surface area contributed by atoms with E-state index in [1.807, 2.05) is 13.1 Å². The van der Waals surface area contributed by atoms with Crippen LogP contribution in [0.3, 0.4) is 0 Å². The van der Waals surface area contributed by atoms with Crippen LogP contribution >= 0.6 is 0 Å². The number of nitrogen functional groups attached to an aromatic ring is 1. The van der Waals surface area contributed by atoms with Gasteiger partial charge in [-0.25, -0.2) is 14.5 Å². The first kappa shape index (κ1) is 17.5. The molecule has 4 rings (SSSR count). The van der Waals surface area contributed by atoms with Crippen LogP contribution < -0.4 is 15.4 Å². The van der Waals surface area contributed by atoms with Crippen molar-refractivity contribution in [1.82, 2.24) is 24.6 Å². The summed E-state index contributed by atoms with van der Waals surface area (Å²) in [5.41, 5.74) is 9.77. The van der Waals surface area contributed by atoms with E-state index < -0.39 is 0 Å². The highest BCUT2D eigenvalue weighted by molar-refractivity contribution is 5.60. The summed E-state index contributed by atoms with van der Waals surface area (Å²) in [6, 6.07) is 2.46. The number of pyridine rings is 1. The summed E-state index contributed by atoms with van der Waals surface area (Å²) in [5, 5.41) is 4.41. The van der Waals surface area contributed by atoms with Crippen LogP contribution in [0.5, 0.6) is 6.01 Å². The maximum atomic E-state index is 5.99. The highest BCUT2D eigenvalue weighted by atomic mass is 16.5. The number of hydrogen-bond acceptors (Lipinski definition) is 7. The van der Waals surface area contributed by atoms with Crippen LogP contribution in [0.25, 0.3) is 5.65 Å². The topological polar surface area (TPSA) is 94.5 Å². The molecule has 1 aliphatic rings. The molecule has 8 heteroatoms. The molecule has 4 heterocycles. The molecule has 27 heavy (non-hydrogen) atoms. The van der Waals surface area contributed by atoms with Crippen molar-refractivity contribution in [2.45, 2.75) is 39.5 Å². The maximum Gasteiger partial charge on any atom is 0.336 e. The number of rotatable bonds is 5. The molecule has 0 atom stereocenters. The Labute approximate surface area is 158 Å².